The van der Waals surface area contributed by atoms with Crippen molar-refractivity contribution < 1.29 is 5.11 Å². The molecule has 3 rings (SSSR count). The van der Waals surface area contributed by atoms with Crippen molar-refractivity contribution in [1.82, 2.24) is 0 Å². The quantitative estimate of drug-likeness (QED) is 0.527. The predicted molar refractivity (Wildman–Crippen MR) is 103 cm³/mol. The Bertz CT molecular complexity index is 374. The van der Waals surface area contributed by atoms with E-state index in [0.717, 1.165) is 36.5 Å². The third-order valence-electron chi connectivity index (χ3n) is 8.01. The Balaban J connectivity index is 1.65. The molecule has 0 bridgehead atoms. The van der Waals surface area contributed by atoms with Gasteiger partial charge in [0.15, 0.2) is 0 Å². The lowest BCUT2D eigenvalue weighted by molar-refractivity contribution is 0.108. The molecule has 1 nitrogen and oxygen atoms in total. The Labute approximate surface area is 151 Å². The molecule has 0 amide bonds. The van der Waals surface area contributed by atoms with E-state index in [9.17, 15) is 5.11 Å². The van der Waals surface area contributed by atoms with Gasteiger partial charge >= 0.3 is 0 Å². The van der Waals surface area contributed by atoms with Gasteiger partial charge in [0.2, 0.25) is 0 Å². The summed E-state index contributed by atoms with van der Waals surface area (Å²) in [5.41, 5.74) is 0.504. The number of aliphatic hydroxyl groups excluding tert-OH is 1. The summed E-state index contributed by atoms with van der Waals surface area (Å²) >= 11 is 0. The van der Waals surface area contributed by atoms with E-state index in [-0.39, 0.29) is 6.10 Å². The highest BCUT2D eigenvalue weighted by Gasteiger charge is 2.43. The molecule has 1 heteroatoms. The van der Waals surface area contributed by atoms with Crippen molar-refractivity contribution >= 4 is 0 Å². The fourth-order valence-corrected chi connectivity index (χ4v) is 5.87. The molecule has 140 valence electrons. The van der Waals surface area contributed by atoms with Crippen molar-refractivity contribution in [3.05, 3.63) is 0 Å². The van der Waals surface area contributed by atoms with E-state index in [1.165, 1.54) is 83.5 Å². The minimum atomic E-state index is -0.0193. The van der Waals surface area contributed by atoms with Crippen LogP contribution in [0.3, 0.4) is 0 Å². The summed E-state index contributed by atoms with van der Waals surface area (Å²) in [6, 6.07) is 0. The first kappa shape index (κ1) is 18.7. The number of fused-ring (bicyclic) bond motifs is 1. The minimum Gasteiger partial charge on any atom is -0.393 e. The number of rotatable bonds is 1. The van der Waals surface area contributed by atoms with Crippen LogP contribution in [0.25, 0.3) is 0 Å². The van der Waals surface area contributed by atoms with Gasteiger partial charge in [-0.25, -0.2) is 0 Å². The lowest BCUT2D eigenvalue weighted by Gasteiger charge is -2.38. The second-order valence-corrected chi connectivity index (χ2v) is 10.1. The van der Waals surface area contributed by atoms with Gasteiger partial charge < -0.3 is 5.11 Å². The molecule has 3 fully saturated rings. The summed E-state index contributed by atoms with van der Waals surface area (Å²) in [6.45, 7) is 5.08. The minimum absolute atomic E-state index is 0.0193. The molecular formula is C23H42O. The van der Waals surface area contributed by atoms with Crippen LogP contribution < -0.4 is 0 Å². The number of hydrogen-bond donors (Lipinski definition) is 1. The largest absolute Gasteiger partial charge is 0.393 e. The van der Waals surface area contributed by atoms with Gasteiger partial charge in [0.25, 0.3) is 0 Å². The van der Waals surface area contributed by atoms with E-state index in [1.54, 1.807) is 0 Å². The SMILES string of the molecule is CC1CCCCCCC2CC2CC(C2(C)CCCC(O)CC2)CC1. The van der Waals surface area contributed by atoms with Gasteiger partial charge in [-0.05, 0) is 74.0 Å². The van der Waals surface area contributed by atoms with Crippen LogP contribution in [0.2, 0.25) is 0 Å². The van der Waals surface area contributed by atoms with Crippen LogP contribution in [-0.2, 0) is 0 Å². The highest BCUT2D eigenvalue weighted by Crippen LogP contribution is 2.53. The van der Waals surface area contributed by atoms with Gasteiger partial charge in [-0.2, -0.15) is 0 Å². The van der Waals surface area contributed by atoms with E-state index >= 15 is 0 Å². The molecule has 3 aliphatic carbocycles. The van der Waals surface area contributed by atoms with Crippen LogP contribution in [0, 0.1) is 29.1 Å². The van der Waals surface area contributed by atoms with Crippen LogP contribution in [0.4, 0.5) is 0 Å². The van der Waals surface area contributed by atoms with E-state index in [2.05, 4.69) is 13.8 Å². The molecule has 0 spiro atoms. The molecule has 1 N–H and O–H groups in total. The molecule has 0 aromatic rings. The molecule has 6 atom stereocenters. The Hall–Kier alpha value is -0.0400. The summed E-state index contributed by atoms with van der Waals surface area (Å²) in [5, 5.41) is 10.1. The zero-order valence-electron chi connectivity index (χ0n) is 16.4. The molecule has 3 aliphatic rings. The topological polar surface area (TPSA) is 20.2 Å². The van der Waals surface area contributed by atoms with E-state index in [4.69, 9.17) is 0 Å². The maximum Gasteiger partial charge on any atom is 0.0540 e. The van der Waals surface area contributed by atoms with Crippen molar-refractivity contribution in [3.8, 4) is 0 Å². The van der Waals surface area contributed by atoms with E-state index in [0.29, 0.717) is 5.41 Å². The molecule has 24 heavy (non-hydrogen) atoms. The fourth-order valence-electron chi connectivity index (χ4n) is 5.87. The fraction of sp³-hybridized carbons (Fsp3) is 1.00. The predicted octanol–water partition coefficient (Wildman–Crippen LogP) is 6.73. The first-order valence-corrected chi connectivity index (χ1v) is 11.2. The Morgan fingerprint density at radius 2 is 1.50 bits per heavy atom. The molecule has 0 heterocycles. The average molecular weight is 335 g/mol. The maximum atomic E-state index is 10.1. The smallest absolute Gasteiger partial charge is 0.0540 e. The van der Waals surface area contributed by atoms with Gasteiger partial charge in [0.1, 0.15) is 0 Å². The molecule has 3 saturated carbocycles. The van der Waals surface area contributed by atoms with Crippen LogP contribution in [0.1, 0.15) is 110 Å². The third kappa shape index (κ3) is 5.23. The van der Waals surface area contributed by atoms with Crippen molar-refractivity contribution in [2.24, 2.45) is 29.1 Å². The molecule has 0 aliphatic heterocycles. The van der Waals surface area contributed by atoms with Crippen LogP contribution in [0.15, 0.2) is 0 Å². The lowest BCUT2D eigenvalue weighted by atomic mass is 9.67. The summed E-state index contributed by atoms with van der Waals surface area (Å²) in [7, 11) is 0. The summed E-state index contributed by atoms with van der Waals surface area (Å²) in [5.74, 6) is 3.96. The first-order chi connectivity index (χ1) is 11.6. The number of hydrogen-bond acceptors (Lipinski definition) is 1. The zero-order chi connectivity index (χ0) is 17.0. The van der Waals surface area contributed by atoms with E-state index < -0.39 is 0 Å². The molecule has 0 radical (unpaired) electrons. The zero-order valence-corrected chi connectivity index (χ0v) is 16.4. The van der Waals surface area contributed by atoms with Crippen LogP contribution >= 0.6 is 0 Å². The Kier molecular flexibility index (Phi) is 6.69. The van der Waals surface area contributed by atoms with E-state index in [1.807, 2.05) is 0 Å². The third-order valence-corrected chi connectivity index (χ3v) is 8.01. The van der Waals surface area contributed by atoms with Gasteiger partial charge in [-0.15, -0.1) is 0 Å². The second-order valence-electron chi connectivity index (χ2n) is 10.1. The summed E-state index contributed by atoms with van der Waals surface area (Å²) < 4.78 is 0. The van der Waals surface area contributed by atoms with Crippen molar-refractivity contribution in [1.29, 1.82) is 0 Å². The normalized spacial score (nSPS) is 45.9. The highest BCUT2D eigenvalue weighted by atomic mass is 16.3. The lowest BCUT2D eigenvalue weighted by Crippen LogP contribution is -2.28. The molecule has 6 unspecified atom stereocenters. The molecule has 0 aromatic carbocycles. The monoisotopic (exact) mass is 334 g/mol. The van der Waals surface area contributed by atoms with Crippen molar-refractivity contribution in [3.63, 3.8) is 0 Å². The molecular weight excluding hydrogens is 292 g/mol. The number of aliphatic hydroxyl groups is 1. The highest BCUT2D eigenvalue weighted by molar-refractivity contribution is 4.93. The maximum absolute atomic E-state index is 10.1. The summed E-state index contributed by atoms with van der Waals surface area (Å²) in [6.07, 6.45) is 20.8. The van der Waals surface area contributed by atoms with Crippen molar-refractivity contribution in [2.45, 2.75) is 116 Å². The van der Waals surface area contributed by atoms with Gasteiger partial charge in [-0.3, -0.25) is 0 Å². The van der Waals surface area contributed by atoms with Gasteiger partial charge in [0.05, 0.1) is 6.10 Å². The van der Waals surface area contributed by atoms with Gasteiger partial charge in [0, 0.05) is 0 Å². The van der Waals surface area contributed by atoms with Gasteiger partial charge in [-0.1, -0.05) is 65.2 Å². The van der Waals surface area contributed by atoms with Crippen LogP contribution in [0.5, 0.6) is 0 Å². The van der Waals surface area contributed by atoms with Crippen LogP contribution in [-0.4, -0.2) is 11.2 Å². The summed E-state index contributed by atoms with van der Waals surface area (Å²) in [4.78, 5) is 0. The Morgan fingerprint density at radius 3 is 2.33 bits per heavy atom. The standard InChI is InChI=1S/C23H42O/c1-18-8-5-3-4-6-9-19-16-20(19)17-21(12-11-18)23(2)14-7-10-22(24)13-15-23/h18-22,24H,3-17H2,1-2H3. The Morgan fingerprint density at radius 1 is 0.708 bits per heavy atom. The molecule has 0 saturated heterocycles. The first-order valence-electron chi connectivity index (χ1n) is 11.2. The van der Waals surface area contributed by atoms with Crippen molar-refractivity contribution in [2.75, 3.05) is 0 Å². The second kappa shape index (κ2) is 8.56. The average Bonchev–Trinajstić information content (AvgIpc) is 3.31. The molecule has 0 aromatic heterocycles.